The molecule has 30 heavy (non-hydrogen) atoms. The number of para-hydroxylation sites is 1. The van der Waals surface area contributed by atoms with E-state index in [-0.39, 0.29) is 17.2 Å². The van der Waals surface area contributed by atoms with Crippen molar-refractivity contribution in [2.75, 3.05) is 11.4 Å². The molecule has 0 aliphatic carbocycles. The number of carbonyl (C=O) groups excluding carboxylic acids is 1. The summed E-state index contributed by atoms with van der Waals surface area (Å²) in [6, 6.07) is 11.2. The van der Waals surface area contributed by atoms with Crippen LogP contribution in [-0.4, -0.2) is 31.9 Å². The lowest BCUT2D eigenvalue weighted by atomic mass is 10.1. The molecular formula is C20H16ClN5O3S. The minimum Gasteiger partial charge on any atom is -0.337 e. The molecule has 0 aliphatic heterocycles. The van der Waals surface area contributed by atoms with Crippen molar-refractivity contribution in [2.24, 2.45) is 0 Å². The lowest BCUT2D eigenvalue weighted by Gasteiger charge is -2.20. The van der Waals surface area contributed by atoms with Crippen molar-refractivity contribution in [3.8, 4) is 0 Å². The van der Waals surface area contributed by atoms with E-state index in [1.807, 2.05) is 22.9 Å². The van der Waals surface area contributed by atoms with Gasteiger partial charge in [0.2, 0.25) is 0 Å². The quantitative estimate of drug-likeness (QED) is 0.303. The minimum atomic E-state index is -0.516. The average Bonchev–Trinajstić information content (AvgIpc) is 3.41. The first-order chi connectivity index (χ1) is 14.5. The number of aromatic nitrogens is 3. The van der Waals surface area contributed by atoms with Crippen molar-refractivity contribution in [2.45, 2.75) is 13.0 Å². The maximum atomic E-state index is 13.3. The van der Waals surface area contributed by atoms with E-state index in [4.69, 9.17) is 11.6 Å². The highest BCUT2D eigenvalue weighted by molar-refractivity contribution is 7.22. The Bertz CT molecular complexity index is 1210. The minimum absolute atomic E-state index is 0.133. The molecule has 1 amide bonds. The number of nitro groups is 1. The molecule has 0 unspecified atom stereocenters. The van der Waals surface area contributed by atoms with Gasteiger partial charge in [0.15, 0.2) is 5.13 Å². The highest BCUT2D eigenvalue weighted by atomic mass is 35.5. The monoisotopic (exact) mass is 441 g/mol. The molecular weight excluding hydrogens is 426 g/mol. The third-order valence-electron chi connectivity index (χ3n) is 4.50. The highest BCUT2D eigenvalue weighted by Crippen LogP contribution is 2.33. The maximum absolute atomic E-state index is 13.3. The number of nitro benzene ring substituents is 1. The van der Waals surface area contributed by atoms with Crippen LogP contribution < -0.4 is 4.90 Å². The van der Waals surface area contributed by atoms with Crippen molar-refractivity contribution in [1.82, 2.24) is 14.5 Å². The number of hydrogen-bond acceptors (Lipinski definition) is 6. The van der Waals surface area contributed by atoms with Gasteiger partial charge in [-0.2, -0.15) is 0 Å². The van der Waals surface area contributed by atoms with Crippen LogP contribution >= 0.6 is 22.9 Å². The second kappa shape index (κ2) is 8.60. The summed E-state index contributed by atoms with van der Waals surface area (Å²) in [5.74, 6) is -0.348. The Labute approximate surface area is 180 Å². The van der Waals surface area contributed by atoms with Crippen molar-refractivity contribution >= 4 is 49.9 Å². The van der Waals surface area contributed by atoms with E-state index in [0.717, 1.165) is 4.70 Å². The van der Waals surface area contributed by atoms with Crippen LogP contribution in [0.2, 0.25) is 5.02 Å². The van der Waals surface area contributed by atoms with Crippen molar-refractivity contribution in [3.63, 3.8) is 0 Å². The zero-order valence-electron chi connectivity index (χ0n) is 15.6. The van der Waals surface area contributed by atoms with Gasteiger partial charge in [-0.1, -0.05) is 35.1 Å². The molecule has 2 heterocycles. The second-order valence-corrected chi connectivity index (χ2v) is 7.92. The van der Waals surface area contributed by atoms with Gasteiger partial charge < -0.3 is 4.57 Å². The van der Waals surface area contributed by atoms with Gasteiger partial charge in [-0.25, -0.2) is 9.97 Å². The lowest BCUT2D eigenvalue weighted by Crippen LogP contribution is -2.32. The number of imidazole rings is 1. The molecule has 4 aromatic rings. The molecule has 0 aliphatic rings. The molecule has 8 nitrogen and oxygen atoms in total. The van der Waals surface area contributed by atoms with Crippen molar-refractivity contribution in [1.29, 1.82) is 0 Å². The summed E-state index contributed by atoms with van der Waals surface area (Å²) in [5.41, 5.74) is 0.731. The molecule has 0 N–H and O–H groups in total. The number of aryl methyl sites for hydroxylation is 1. The van der Waals surface area contributed by atoms with E-state index in [2.05, 4.69) is 9.97 Å². The van der Waals surface area contributed by atoms with E-state index in [1.54, 1.807) is 29.6 Å². The Balaban J connectivity index is 1.66. The van der Waals surface area contributed by atoms with Gasteiger partial charge in [0, 0.05) is 43.2 Å². The number of nitrogens with zero attached hydrogens (tertiary/aromatic N) is 5. The smallest absolute Gasteiger partial charge is 0.270 e. The van der Waals surface area contributed by atoms with Crippen LogP contribution in [0.25, 0.3) is 10.2 Å². The third-order valence-corrected chi connectivity index (χ3v) is 5.84. The summed E-state index contributed by atoms with van der Waals surface area (Å²) >= 11 is 7.61. The second-order valence-electron chi connectivity index (χ2n) is 6.50. The molecule has 0 fully saturated rings. The Morgan fingerprint density at radius 3 is 2.83 bits per heavy atom. The van der Waals surface area contributed by atoms with Gasteiger partial charge in [-0.15, -0.1) is 0 Å². The van der Waals surface area contributed by atoms with Gasteiger partial charge in [0.05, 0.1) is 21.0 Å². The van der Waals surface area contributed by atoms with Gasteiger partial charge in [0.1, 0.15) is 5.52 Å². The van der Waals surface area contributed by atoms with Crippen LogP contribution in [0.3, 0.4) is 0 Å². The Hall–Kier alpha value is -3.30. The number of benzene rings is 2. The lowest BCUT2D eigenvalue weighted by molar-refractivity contribution is -0.384. The van der Waals surface area contributed by atoms with E-state index in [0.29, 0.717) is 35.2 Å². The SMILES string of the molecule is O=C(c1cccc([N+](=O)[O-])c1)N(CCCn1ccnc1)c1nc2c(Cl)cccc2s1. The highest BCUT2D eigenvalue weighted by Gasteiger charge is 2.23. The van der Waals surface area contributed by atoms with E-state index in [1.165, 1.54) is 29.5 Å². The maximum Gasteiger partial charge on any atom is 0.270 e. The van der Waals surface area contributed by atoms with Gasteiger partial charge in [0.25, 0.3) is 11.6 Å². The zero-order chi connectivity index (χ0) is 21.1. The van der Waals surface area contributed by atoms with Gasteiger partial charge >= 0.3 is 0 Å². The third kappa shape index (κ3) is 4.17. The van der Waals surface area contributed by atoms with E-state index < -0.39 is 4.92 Å². The Kier molecular flexibility index (Phi) is 5.73. The molecule has 4 rings (SSSR count). The number of amides is 1. The topological polar surface area (TPSA) is 94.2 Å². The zero-order valence-corrected chi connectivity index (χ0v) is 17.2. The first kappa shape index (κ1) is 20.0. The summed E-state index contributed by atoms with van der Waals surface area (Å²) in [4.78, 5) is 34.0. The average molecular weight is 442 g/mol. The number of anilines is 1. The first-order valence-corrected chi connectivity index (χ1v) is 10.3. The molecule has 10 heteroatoms. The summed E-state index contributed by atoms with van der Waals surface area (Å²) in [7, 11) is 0. The van der Waals surface area contributed by atoms with Gasteiger partial charge in [-0.3, -0.25) is 19.8 Å². The van der Waals surface area contributed by atoms with Crippen LogP contribution in [0.1, 0.15) is 16.8 Å². The first-order valence-electron chi connectivity index (χ1n) is 9.10. The van der Waals surface area contributed by atoms with Gasteiger partial charge in [-0.05, 0) is 24.6 Å². The Morgan fingerprint density at radius 1 is 1.27 bits per heavy atom. The number of fused-ring (bicyclic) bond motifs is 1. The number of rotatable bonds is 7. The number of thiazole rings is 1. The fraction of sp³-hybridized carbons (Fsp3) is 0.150. The summed E-state index contributed by atoms with van der Waals surface area (Å²) in [5, 5.41) is 12.1. The molecule has 0 saturated carbocycles. The normalized spacial score (nSPS) is 11.0. The number of non-ortho nitro benzene ring substituents is 1. The molecule has 0 bridgehead atoms. The van der Waals surface area contributed by atoms with Crippen molar-refractivity contribution < 1.29 is 9.72 Å². The number of halogens is 1. The molecule has 0 radical (unpaired) electrons. The van der Waals surface area contributed by atoms with E-state index >= 15 is 0 Å². The van der Waals surface area contributed by atoms with Crippen molar-refractivity contribution in [3.05, 3.63) is 81.9 Å². The standard InChI is InChI=1S/C20H16ClN5O3S/c21-16-6-2-7-17-18(16)23-20(30-17)25(10-3-9-24-11-8-22-13-24)19(27)14-4-1-5-15(12-14)26(28)29/h1-2,4-8,11-13H,3,9-10H2. The molecule has 0 atom stereocenters. The molecule has 2 aromatic carbocycles. The fourth-order valence-electron chi connectivity index (χ4n) is 3.04. The predicted molar refractivity (Wildman–Crippen MR) is 116 cm³/mol. The summed E-state index contributed by atoms with van der Waals surface area (Å²) in [6.45, 7) is 1.06. The van der Waals surface area contributed by atoms with Crippen LogP contribution in [0.5, 0.6) is 0 Å². The van der Waals surface area contributed by atoms with E-state index in [9.17, 15) is 14.9 Å². The predicted octanol–water partition coefficient (Wildman–Crippen LogP) is 4.79. The molecule has 2 aromatic heterocycles. The number of hydrogen-bond donors (Lipinski definition) is 0. The van der Waals surface area contributed by atoms with Crippen LogP contribution in [0.15, 0.2) is 61.2 Å². The molecule has 0 spiro atoms. The largest absolute Gasteiger partial charge is 0.337 e. The van der Waals surface area contributed by atoms with Crippen LogP contribution in [0.4, 0.5) is 10.8 Å². The molecule has 152 valence electrons. The Morgan fingerprint density at radius 2 is 2.10 bits per heavy atom. The van der Waals surface area contributed by atoms with Crippen LogP contribution in [-0.2, 0) is 6.54 Å². The van der Waals surface area contributed by atoms with Crippen LogP contribution in [0, 0.1) is 10.1 Å². The number of carbonyl (C=O) groups is 1. The summed E-state index contributed by atoms with van der Waals surface area (Å²) < 4.78 is 2.79. The molecule has 0 saturated heterocycles. The fourth-order valence-corrected chi connectivity index (χ4v) is 4.33. The summed E-state index contributed by atoms with van der Waals surface area (Å²) in [6.07, 6.45) is 5.91.